The van der Waals surface area contributed by atoms with Crippen molar-refractivity contribution in [1.29, 1.82) is 0 Å². The average Bonchev–Trinajstić information content (AvgIpc) is 2.40. The summed E-state index contributed by atoms with van der Waals surface area (Å²) in [7, 11) is -3.53. The summed E-state index contributed by atoms with van der Waals surface area (Å²) in [4.78, 5) is 13.8. The van der Waals surface area contributed by atoms with Gasteiger partial charge >= 0.3 is 0 Å². The lowest BCUT2D eigenvalue weighted by Crippen LogP contribution is -2.36. The lowest BCUT2D eigenvalue weighted by Gasteiger charge is -2.20. The number of hydrogen-bond donors (Lipinski definition) is 0. The number of amides is 1. The second-order valence-corrected chi connectivity index (χ2v) is 6.39. The van der Waals surface area contributed by atoms with E-state index >= 15 is 0 Å². The van der Waals surface area contributed by atoms with E-state index in [1.165, 1.54) is 12.1 Å². The van der Waals surface area contributed by atoms with Gasteiger partial charge in [0.15, 0.2) is 9.84 Å². The third-order valence-corrected chi connectivity index (χ3v) is 4.55. The first-order valence-electron chi connectivity index (χ1n) is 6.56. The highest BCUT2D eigenvalue weighted by Gasteiger charge is 2.22. The van der Waals surface area contributed by atoms with Crippen LogP contribution in [0.1, 0.15) is 26.7 Å². The fraction of sp³-hybridized carbons (Fsp3) is 0.500. The Morgan fingerprint density at radius 3 is 2.32 bits per heavy atom. The van der Waals surface area contributed by atoms with Gasteiger partial charge in [-0.25, -0.2) is 8.42 Å². The molecule has 0 unspecified atom stereocenters. The first-order valence-corrected chi connectivity index (χ1v) is 8.22. The molecule has 0 N–H and O–H groups in total. The van der Waals surface area contributed by atoms with Crippen LogP contribution in [0.5, 0.6) is 0 Å². The zero-order chi connectivity index (χ0) is 14.3. The number of nitrogens with zero attached hydrogens (tertiary/aromatic N) is 1. The highest BCUT2D eigenvalue weighted by molar-refractivity contribution is 7.92. The van der Waals surface area contributed by atoms with Gasteiger partial charge in [0.1, 0.15) is 5.75 Å². The van der Waals surface area contributed by atoms with Crippen LogP contribution in [0.4, 0.5) is 0 Å². The van der Waals surface area contributed by atoms with E-state index in [0.29, 0.717) is 13.1 Å². The molecule has 106 valence electrons. The predicted molar refractivity (Wildman–Crippen MR) is 75.7 cm³/mol. The molecule has 0 spiro atoms. The molecule has 0 atom stereocenters. The van der Waals surface area contributed by atoms with Gasteiger partial charge in [0.05, 0.1) is 4.90 Å². The van der Waals surface area contributed by atoms with Gasteiger partial charge in [0.25, 0.3) is 0 Å². The molecule has 0 aliphatic rings. The summed E-state index contributed by atoms with van der Waals surface area (Å²) in [6, 6.07) is 8.11. The molecule has 0 aromatic heterocycles. The first-order chi connectivity index (χ1) is 9.01. The molecule has 0 saturated carbocycles. The van der Waals surface area contributed by atoms with Gasteiger partial charge in [-0.1, -0.05) is 31.5 Å². The molecule has 0 saturated heterocycles. The van der Waals surface area contributed by atoms with Gasteiger partial charge in [-0.3, -0.25) is 4.79 Å². The van der Waals surface area contributed by atoms with E-state index in [1.54, 1.807) is 23.1 Å². The molecule has 1 amide bonds. The van der Waals surface area contributed by atoms with Crippen LogP contribution in [0.25, 0.3) is 0 Å². The van der Waals surface area contributed by atoms with E-state index in [0.717, 1.165) is 12.8 Å². The largest absolute Gasteiger partial charge is 0.342 e. The molecular formula is C14H21NO3S. The molecule has 5 heteroatoms. The molecule has 1 rings (SSSR count). The molecule has 0 heterocycles. The second-order valence-electron chi connectivity index (χ2n) is 4.40. The summed E-state index contributed by atoms with van der Waals surface area (Å²) in [6.07, 6.45) is 1.88. The summed E-state index contributed by atoms with van der Waals surface area (Å²) < 4.78 is 24.2. The smallest absolute Gasteiger partial charge is 0.238 e. The van der Waals surface area contributed by atoms with Crippen LogP contribution in [0.2, 0.25) is 0 Å². The first kappa shape index (κ1) is 15.7. The SMILES string of the molecule is CCCCN(CC)C(=O)CS(=O)(=O)c1ccccc1. The molecule has 19 heavy (non-hydrogen) atoms. The van der Waals surface area contributed by atoms with Crippen molar-refractivity contribution >= 4 is 15.7 Å². The van der Waals surface area contributed by atoms with Gasteiger partial charge < -0.3 is 4.90 Å². The molecule has 0 radical (unpaired) electrons. The number of rotatable bonds is 7. The molecule has 1 aromatic rings. The number of sulfone groups is 1. The second kappa shape index (κ2) is 7.28. The summed E-state index contributed by atoms with van der Waals surface area (Å²) in [5, 5.41) is 0. The number of benzene rings is 1. The van der Waals surface area contributed by atoms with Crippen molar-refractivity contribution in [2.45, 2.75) is 31.6 Å². The van der Waals surface area contributed by atoms with Crippen LogP contribution in [0.15, 0.2) is 35.2 Å². The lowest BCUT2D eigenvalue weighted by atomic mass is 10.3. The normalized spacial score (nSPS) is 11.3. The molecular weight excluding hydrogens is 262 g/mol. The number of hydrogen-bond acceptors (Lipinski definition) is 3. The monoisotopic (exact) mass is 283 g/mol. The topological polar surface area (TPSA) is 54.5 Å². The zero-order valence-corrected chi connectivity index (χ0v) is 12.3. The Hall–Kier alpha value is -1.36. The Morgan fingerprint density at radius 2 is 1.79 bits per heavy atom. The Labute approximate surface area is 115 Å². The van der Waals surface area contributed by atoms with E-state index in [1.807, 2.05) is 13.8 Å². The summed E-state index contributed by atoms with van der Waals surface area (Å²) >= 11 is 0. The molecule has 1 aromatic carbocycles. The summed E-state index contributed by atoms with van der Waals surface area (Å²) in [5.41, 5.74) is 0. The van der Waals surface area contributed by atoms with E-state index in [4.69, 9.17) is 0 Å². The Morgan fingerprint density at radius 1 is 1.16 bits per heavy atom. The van der Waals surface area contributed by atoms with Gasteiger partial charge in [-0.05, 0) is 25.5 Å². The summed E-state index contributed by atoms with van der Waals surface area (Å²) in [6.45, 7) is 5.07. The minimum Gasteiger partial charge on any atom is -0.342 e. The van der Waals surface area contributed by atoms with Crippen molar-refractivity contribution in [1.82, 2.24) is 4.90 Å². The average molecular weight is 283 g/mol. The molecule has 0 aliphatic heterocycles. The Bertz CT molecular complexity index is 497. The maximum absolute atomic E-state index is 12.1. The fourth-order valence-corrected chi connectivity index (χ4v) is 3.02. The quantitative estimate of drug-likeness (QED) is 0.770. The van der Waals surface area contributed by atoms with Crippen LogP contribution >= 0.6 is 0 Å². The Balaban J connectivity index is 2.75. The summed E-state index contributed by atoms with van der Waals surface area (Å²) in [5.74, 6) is -0.769. The van der Waals surface area contributed by atoms with Gasteiger partial charge in [0.2, 0.25) is 5.91 Å². The van der Waals surface area contributed by atoms with Crippen LogP contribution in [0, 0.1) is 0 Å². The molecule has 0 bridgehead atoms. The number of carbonyl (C=O) groups is 1. The fourth-order valence-electron chi connectivity index (χ4n) is 1.77. The van der Waals surface area contributed by atoms with Crippen molar-refractivity contribution in [3.05, 3.63) is 30.3 Å². The highest BCUT2D eigenvalue weighted by atomic mass is 32.2. The van der Waals surface area contributed by atoms with E-state index < -0.39 is 15.6 Å². The van der Waals surface area contributed by atoms with Crippen LogP contribution in [-0.4, -0.2) is 38.1 Å². The third kappa shape index (κ3) is 4.67. The van der Waals surface area contributed by atoms with Gasteiger partial charge in [0, 0.05) is 13.1 Å². The van der Waals surface area contributed by atoms with Crippen molar-refractivity contribution < 1.29 is 13.2 Å². The minimum atomic E-state index is -3.53. The van der Waals surface area contributed by atoms with E-state index in [-0.39, 0.29) is 10.8 Å². The molecule has 4 nitrogen and oxygen atoms in total. The molecule has 0 aliphatic carbocycles. The van der Waals surface area contributed by atoms with Crippen molar-refractivity contribution in [3.8, 4) is 0 Å². The Kier molecular flexibility index (Phi) is 6.02. The minimum absolute atomic E-state index is 0.204. The molecule has 0 fully saturated rings. The van der Waals surface area contributed by atoms with Gasteiger partial charge in [-0.2, -0.15) is 0 Å². The number of carbonyl (C=O) groups excluding carboxylic acids is 1. The van der Waals surface area contributed by atoms with Crippen LogP contribution < -0.4 is 0 Å². The van der Waals surface area contributed by atoms with Crippen LogP contribution in [-0.2, 0) is 14.6 Å². The van der Waals surface area contributed by atoms with Crippen molar-refractivity contribution in [2.24, 2.45) is 0 Å². The standard InChI is InChI=1S/C14H21NO3S/c1-3-5-11-15(4-2)14(16)12-19(17,18)13-9-7-6-8-10-13/h6-10H,3-5,11-12H2,1-2H3. The van der Waals surface area contributed by atoms with Crippen molar-refractivity contribution in [3.63, 3.8) is 0 Å². The predicted octanol–water partition coefficient (Wildman–Crippen LogP) is 2.11. The van der Waals surface area contributed by atoms with Crippen LogP contribution in [0.3, 0.4) is 0 Å². The maximum atomic E-state index is 12.1. The van der Waals surface area contributed by atoms with E-state index in [2.05, 4.69) is 0 Å². The maximum Gasteiger partial charge on any atom is 0.238 e. The van der Waals surface area contributed by atoms with Crippen molar-refractivity contribution in [2.75, 3.05) is 18.8 Å². The van der Waals surface area contributed by atoms with E-state index in [9.17, 15) is 13.2 Å². The lowest BCUT2D eigenvalue weighted by molar-refractivity contribution is -0.128. The van der Waals surface area contributed by atoms with Gasteiger partial charge in [-0.15, -0.1) is 0 Å². The highest BCUT2D eigenvalue weighted by Crippen LogP contribution is 2.11. The zero-order valence-electron chi connectivity index (χ0n) is 11.5. The number of unbranched alkanes of at least 4 members (excludes halogenated alkanes) is 1. The third-order valence-electron chi connectivity index (χ3n) is 2.93.